The number of carbonyl (C=O) groups is 1. The summed E-state index contributed by atoms with van der Waals surface area (Å²) in [4.78, 5) is 10.9. The Labute approximate surface area is 98.5 Å². The quantitative estimate of drug-likeness (QED) is 0.436. The number of hydrogen-bond donors (Lipinski definition) is 1. The number of rotatable bonds is 11. The fourth-order valence-corrected chi connectivity index (χ4v) is 1.57. The predicted octanol–water partition coefficient (Wildman–Crippen LogP) is 3.25. The van der Waals surface area contributed by atoms with Gasteiger partial charge in [-0.25, -0.2) is 0 Å². The van der Waals surface area contributed by atoms with Gasteiger partial charge in [-0.15, -0.1) is 6.58 Å². The smallest absolute Gasteiger partial charge is 0.308 e. The Morgan fingerprint density at radius 3 is 2.62 bits per heavy atom. The molecule has 0 saturated carbocycles. The van der Waals surface area contributed by atoms with Crippen LogP contribution in [-0.2, 0) is 9.53 Å². The Morgan fingerprint density at radius 2 is 2.06 bits per heavy atom. The first kappa shape index (κ1) is 15.2. The van der Waals surface area contributed by atoms with E-state index in [-0.39, 0.29) is 5.92 Å². The van der Waals surface area contributed by atoms with E-state index in [1.54, 1.807) is 6.08 Å². The van der Waals surface area contributed by atoms with Crippen molar-refractivity contribution in [3.8, 4) is 0 Å². The van der Waals surface area contributed by atoms with Gasteiger partial charge in [-0.2, -0.15) is 0 Å². The zero-order valence-electron chi connectivity index (χ0n) is 10.3. The summed E-state index contributed by atoms with van der Waals surface area (Å²) >= 11 is 0. The lowest BCUT2D eigenvalue weighted by atomic mass is 10.0. The van der Waals surface area contributed by atoms with Gasteiger partial charge >= 0.3 is 5.97 Å². The minimum absolute atomic E-state index is 0.301. The van der Waals surface area contributed by atoms with Gasteiger partial charge < -0.3 is 9.84 Å². The zero-order chi connectivity index (χ0) is 12.2. The van der Waals surface area contributed by atoms with Gasteiger partial charge in [-0.1, -0.05) is 45.1 Å². The molecule has 0 bridgehead atoms. The van der Waals surface area contributed by atoms with E-state index in [2.05, 4.69) is 13.5 Å². The lowest BCUT2D eigenvalue weighted by Gasteiger charge is -2.11. The summed E-state index contributed by atoms with van der Waals surface area (Å²) in [5, 5.41) is 8.97. The number of aliphatic carboxylic acids is 1. The zero-order valence-corrected chi connectivity index (χ0v) is 10.3. The summed E-state index contributed by atoms with van der Waals surface area (Å²) in [5.74, 6) is -1.11. The summed E-state index contributed by atoms with van der Waals surface area (Å²) in [5.41, 5.74) is 0. The van der Waals surface area contributed by atoms with E-state index < -0.39 is 5.97 Å². The van der Waals surface area contributed by atoms with Crippen molar-refractivity contribution in [1.29, 1.82) is 0 Å². The van der Waals surface area contributed by atoms with E-state index in [1.165, 1.54) is 19.3 Å². The van der Waals surface area contributed by atoms with Crippen molar-refractivity contribution in [2.24, 2.45) is 5.92 Å². The van der Waals surface area contributed by atoms with E-state index in [4.69, 9.17) is 9.84 Å². The first-order chi connectivity index (χ1) is 7.72. The van der Waals surface area contributed by atoms with Crippen LogP contribution in [0.15, 0.2) is 12.7 Å². The first-order valence-corrected chi connectivity index (χ1v) is 6.13. The van der Waals surface area contributed by atoms with Gasteiger partial charge in [-0.05, 0) is 6.42 Å². The number of unbranched alkanes of at least 4 members (excludes halogenated alkanes) is 4. The normalized spacial score (nSPS) is 12.3. The van der Waals surface area contributed by atoms with Crippen LogP contribution in [0.3, 0.4) is 0 Å². The van der Waals surface area contributed by atoms with Crippen LogP contribution < -0.4 is 0 Å². The van der Waals surface area contributed by atoms with Crippen molar-refractivity contribution in [2.45, 2.75) is 45.4 Å². The minimum atomic E-state index is -0.750. The molecule has 1 unspecified atom stereocenters. The molecule has 0 aromatic carbocycles. The highest BCUT2D eigenvalue weighted by Crippen LogP contribution is 2.12. The molecule has 0 aliphatic carbocycles. The molecular weight excluding hydrogens is 204 g/mol. The molecule has 3 heteroatoms. The van der Waals surface area contributed by atoms with Crippen molar-refractivity contribution >= 4 is 5.97 Å². The van der Waals surface area contributed by atoms with Crippen LogP contribution in [0.4, 0.5) is 0 Å². The Bertz CT molecular complexity index is 190. The highest BCUT2D eigenvalue weighted by atomic mass is 16.5. The van der Waals surface area contributed by atoms with Crippen LogP contribution in [-0.4, -0.2) is 24.3 Å². The average Bonchev–Trinajstić information content (AvgIpc) is 2.26. The van der Waals surface area contributed by atoms with E-state index in [0.29, 0.717) is 13.2 Å². The van der Waals surface area contributed by atoms with Gasteiger partial charge in [0.25, 0.3) is 0 Å². The van der Waals surface area contributed by atoms with Gasteiger partial charge in [0, 0.05) is 0 Å². The minimum Gasteiger partial charge on any atom is -0.481 e. The maximum Gasteiger partial charge on any atom is 0.308 e. The largest absolute Gasteiger partial charge is 0.481 e. The Kier molecular flexibility index (Phi) is 10.1. The van der Waals surface area contributed by atoms with Gasteiger partial charge in [0.05, 0.1) is 19.1 Å². The van der Waals surface area contributed by atoms with Crippen molar-refractivity contribution in [1.82, 2.24) is 0 Å². The lowest BCUT2D eigenvalue weighted by molar-refractivity contribution is -0.144. The average molecular weight is 228 g/mol. The predicted molar refractivity (Wildman–Crippen MR) is 65.5 cm³/mol. The molecule has 16 heavy (non-hydrogen) atoms. The van der Waals surface area contributed by atoms with E-state index in [9.17, 15) is 4.79 Å². The second-order valence-corrected chi connectivity index (χ2v) is 4.06. The number of ether oxygens (including phenoxy) is 1. The standard InChI is InChI=1S/C13H24O3/c1-3-5-6-7-8-9-12(13(14)15)11-16-10-4-2/h4,12H,2-3,5-11H2,1H3,(H,14,15). The molecule has 94 valence electrons. The highest BCUT2D eigenvalue weighted by molar-refractivity contribution is 5.70. The summed E-state index contributed by atoms with van der Waals surface area (Å²) in [6, 6.07) is 0. The SMILES string of the molecule is C=CCOCC(CCCCCCC)C(=O)O. The van der Waals surface area contributed by atoms with Crippen molar-refractivity contribution < 1.29 is 14.6 Å². The lowest BCUT2D eigenvalue weighted by Crippen LogP contribution is -2.19. The Hall–Kier alpha value is -0.830. The molecule has 0 radical (unpaired) electrons. The van der Waals surface area contributed by atoms with Crippen molar-refractivity contribution in [3.63, 3.8) is 0 Å². The fraction of sp³-hybridized carbons (Fsp3) is 0.769. The van der Waals surface area contributed by atoms with E-state index in [1.807, 2.05) is 0 Å². The summed E-state index contributed by atoms with van der Waals surface area (Å²) in [6.45, 7) is 6.43. The van der Waals surface area contributed by atoms with Crippen molar-refractivity contribution in [3.05, 3.63) is 12.7 Å². The molecule has 1 N–H and O–H groups in total. The molecule has 0 amide bonds. The molecule has 1 atom stereocenters. The van der Waals surface area contributed by atoms with Gasteiger partial charge in [-0.3, -0.25) is 4.79 Å². The number of carboxylic acid groups (broad SMARTS) is 1. The summed E-state index contributed by atoms with van der Waals surface area (Å²) in [6.07, 6.45) is 8.12. The Morgan fingerprint density at radius 1 is 1.38 bits per heavy atom. The second kappa shape index (κ2) is 10.7. The maximum absolute atomic E-state index is 10.9. The third kappa shape index (κ3) is 8.48. The fourth-order valence-electron chi connectivity index (χ4n) is 1.57. The monoisotopic (exact) mass is 228 g/mol. The molecule has 0 spiro atoms. The number of hydrogen-bond acceptors (Lipinski definition) is 2. The van der Waals surface area contributed by atoms with Crippen LogP contribution in [0.25, 0.3) is 0 Å². The molecule has 0 saturated heterocycles. The molecular formula is C13H24O3. The van der Waals surface area contributed by atoms with Crippen LogP contribution in [0, 0.1) is 5.92 Å². The first-order valence-electron chi connectivity index (χ1n) is 6.13. The van der Waals surface area contributed by atoms with Crippen LogP contribution in [0.5, 0.6) is 0 Å². The third-order valence-corrected chi connectivity index (χ3v) is 2.56. The Balaban J connectivity index is 3.60. The molecule has 0 heterocycles. The molecule has 0 aromatic rings. The van der Waals surface area contributed by atoms with Gasteiger partial charge in [0.15, 0.2) is 0 Å². The second-order valence-electron chi connectivity index (χ2n) is 4.06. The topological polar surface area (TPSA) is 46.5 Å². The van der Waals surface area contributed by atoms with Crippen LogP contribution in [0.1, 0.15) is 45.4 Å². The van der Waals surface area contributed by atoms with E-state index in [0.717, 1.165) is 19.3 Å². The molecule has 3 nitrogen and oxygen atoms in total. The summed E-state index contributed by atoms with van der Waals surface area (Å²) in [7, 11) is 0. The van der Waals surface area contributed by atoms with E-state index >= 15 is 0 Å². The summed E-state index contributed by atoms with van der Waals surface area (Å²) < 4.78 is 5.19. The molecule has 0 aliphatic rings. The van der Waals surface area contributed by atoms with Crippen molar-refractivity contribution in [2.75, 3.05) is 13.2 Å². The molecule has 0 aliphatic heterocycles. The highest BCUT2D eigenvalue weighted by Gasteiger charge is 2.16. The van der Waals surface area contributed by atoms with Gasteiger partial charge in [0.2, 0.25) is 0 Å². The third-order valence-electron chi connectivity index (χ3n) is 2.56. The maximum atomic E-state index is 10.9. The molecule has 0 fully saturated rings. The number of carboxylic acids is 1. The van der Waals surface area contributed by atoms with Crippen LogP contribution >= 0.6 is 0 Å². The molecule has 0 rings (SSSR count). The molecule has 0 aromatic heterocycles. The van der Waals surface area contributed by atoms with Crippen LogP contribution in [0.2, 0.25) is 0 Å². The van der Waals surface area contributed by atoms with Gasteiger partial charge in [0.1, 0.15) is 0 Å².